The van der Waals surface area contributed by atoms with Gasteiger partial charge in [0.25, 0.3) is 5.91 Å². The zero-order chi connectivity index (χ0) is 26.6. The fourth-order valence-electron chi connectivity index (χ4n) is 5.26. The van der Waals surface area contributed by atoms with Crippen LogP contribution in [0.25, 0.3) is 0 Å². The first kappa shape index (κ1) is 26.9. The van der Waals surface area contributed by atoms with Gasteiger partial charge in [-0.3, -0.25) is 4.79 Å². The molecule has 0 radical (unpaired) electrons. The summed E-state index contributed by atoms with van der Waals surface area (Å²) >= 11 is 13.8. The SMILES string of the molecule is CCOC(=O)c1ccc(OC2CC3CCC(C2)N3C(=O)c2ccc(CSc3ccc(Cl)c(Cl)c3)cc2)cc1. The van der Waals surface area contributed by atoms with Gasteiger partial charge in [0.1, 0.15) is 11.9 Å². The number of nitrogens with zero attached hydrogens (tertiary/aromatic N) is 1. The molecule has 2 aliphatic rings. The van der Waals surface area contributed by atoms with E-state index in [9.17, 15) is 9.59 Å². The van der Waals surface area contributed by atoms with Crippen molar-refractivity contribution in [3.05, 3.63) is 93.5 Å². The maximum Gasteiger partial charge on any atom is 0.338 e. The lowest BCUT2D eigenvalue weighted by Crippen LogP contribution is -2.49. The molecule has 2 aliphatic heterocycles. The number of esters is 1. The second-order valence-corrected chi connectivity index (χ2v) is 11.5. The molecule has 2 fully saturated rings. The van der Waals surface area contributed by atoms with E-state index in [0.29, 0.717) is 22.2 Å². The first-order chi connectivity index (χ1) is 18.4. The number of thioether (sulfide) groups is 1. The van der Waals surface area contributed by atoms with Crippen molar-refractivity contribution in [3.8, 4) is 5.75 Å². The van der Waals surface area contributed by atoms with Gasteiger partial charge in [-0.2, -0.15) is 0 Å². The molecule has 2 unspecified atom stereocenters. The minimum absolute atomic E-state index is 0.0470. The van der Waals surface area contributed by atoms with Crippen molar-refractivity contribution < 1.29 is 19.1 Å². The maximum absolute atomic E-state index is 13.4. The summed E-state index contributed by atoms with van der Waals surface area (Å²) in [5.74, 6) is 1.28. The highest BCUT2D eigenvalue weighted by molar-refractivity contribution is 7.98. The molecular formula is C30H29Cl2NO4S. The Morgan fingerprint density at radius 1 is 0.895 bits per heavy atom. The van der Waals surface area contributed by atoms with Crippen LogP contribution in [0.2, 0.25) is 10.0 Å². The van der Waals surface area contributed by atoms with Gasteiger partial charge in [0.2, 0.25) is 0 Å². The van der Waals surface area contributed by atoms with Crippen LogP contribution in [-0.4, -0.2) is 41.6 Å². The molecule has 0 aromatic heterocycles. The monoisotopic (exact) mass is 569 g/mol. The first-order valence-electron chi connectivity index (χ1n) is 12.8. The third-order valence-corrected chi connectivity index (χ3v) is 8.89. The van der Waals surface area contributed by atoms with Gasteiger partial charge < -0.3 is 14.4 Å². The molecule has 5 nitrogen and oxygen atoms in total. The Labute approximate surface area is 237 Å². The Morgan fingerprint density at radius 2 is 1.55 bits per heavy atom. The van der Waals surface area contributed by atoms with Crippen LogP contribution in [0.1, 0.15) is 58.9 Å². The highest BCUT2D eigenvalue weighted by atomic mass is 35.5. The summed E-state index contributed by atoms with van der Waals surface area (Å²) in [5.41, 5.74) is 2.37. The van der Waals surface area contributed by atoms with Crippen LogP contribution in [0.15, 0.2) is 71.6 Å². The van der Waals surface area contributed by atoms with Crippen LogP contribution in [-0.2, 0) is 10.5 Å². The van der Waals surface area contributed by atoms with E-state index in [1.165, 1.54) is 0 Å². The highest BCUT2D eigenvalue weighted by Crippen LogP contribution is 2.38. The van der Waals surface area contributed by atoms with Gasteiger partial charge in [-0.15, -0.1) is 11.8 Å². The summed E-state index contributed by atoms with van der Waals surface area (Å²) in [6.45, 7) is 2.14. The number of hydrogen-bond donors (Lipinski definition) is 0. The van der Waals surface area contributed by atoms with E-state index in [2.05, 4.69) is 4.90 Å². The molecule has 2 bridgehead atoms. The molecule has 38 heavy (non-hydrogen) atoms. The van der Waals surface area contributed by atoms with Crippen molar-refractivity contribution in [1.82, 2.24) is 4.90 Å². The fourth-order valence-corrected chi connectivity index (χ4v) is 6.51. The van der Waals surface area contributed by atoms with Crippen molar-refractivity contribution >= 4 is 46.8 Å². The molecular weight excluding hydrogens is 541 g/mol. The van der Waals surface area contributed by atoms with Crippen LogP contribution in [0.3, 0.4) is 0 Å². The Kier molecular flexibility index (Phi) is 8.51. The lowest BCUT2D eigenvalue weighted by Gasteiger charge is -2.39. The molecule has 0 saturated carbocycles. The van der Waals surface area contributed by atoms with Crippen molar-refractivity contribution in [1.29, 1.82) is 0 Å². The van der Waals surface area contributed by atoms with E-state index < -0.39 is 0 Å². The van der Waals surface area contributed by atoms with E-state index in [4.69, 9.17) is 32.7 Å². The van der Waals surface area contributed by atoms with Gasteiger partial charge in [-0.05, 0) is 79.9 Å². The number of carbonyl (C=O) groups is 2. The average molecular weight is 571 g/mol. The molecule has 3 aromatic rings. The van der Waals surface area contributed by atoms with Gasteiger partial charge in [-0.25, -0.2) is 4.79 Å². The van der Waals surface area contributed by atoms with Gasteiger partial charge in [-0.1, -0.05) is 35.3 Å². The highest BCUT2D eigenvalue weighted by Gasteiger charge is 2.44. The quantitative estimate of drug-likeness (QED) is 0.205. The number of hydrogen-bond acceptors (Lipinski definition) is 5. The van der Waals surface area contributed by atoms with Crippen molar-refractivity contribution in [2.75, 3.05) is 6.61 Å². The molecule has 0 spiro atoms. The second-order valence-electron chi connectivity index (χ2n) is 9.62. The molecule has 2 saturated heterocycles. The maximum atomic E-state index is 13.4. The van der Waals surface area contributed by atoms with Gasteiger partial charge >= 0.3 is 5.97 Å². The van der Waals surface area contributed by atoms with Crippen LogP contribution in [0.5, 0.6) is 5.75 Å². The second kappa shape index (κ2) is 12.0. The summed E-state index contributed by atoms with van der Waals surface area (Å²) in [7, 11) is 0. The fraction of sp³-hybridized carbons (Fsp3) is 0.333. The summed E-state index contributed by atoms with van der Waals surface area (Å²) in [5, 5.41) is 1.10. The Bertz CT molecular complexity index is 1280. The number of ether oxygens (including phenoxy) is 2. The van der Waals surface area contributed by atoms with Gasteiger partial charge in [0.15, 0.2) is 0 Å². The molecule has 3 aromatic carbocycles. The number of fused-ring (bicyclic) bond motifs is 2. The zero-order valence-corrected chi connectivity index (χ0v) is 23.4. The lowest BCUT2D eigenvalue weighted by atomic mass is 9.98. The smallest absolute Gasteiger partial charge is 0.338 e. The molecule has 0 aliphatic carbocycles. The molecule has 2 heterocycles. The van der Waals surface area contributed by atoms with Crippen molar-refractivity contribution in [3.63, 3.8) is 0 Å². The predicted octanol–water partition coefficient (Wildman–Crippen LogP) is 7.68. The minimum atomic E-state index is -0.331. The molecule has 8 heteroatoms. The normalized spacial score (nSPS) is 20.3. The number of amides is 1. The molecule has 198 valence electrons. The number of rotatable bonds is 8. The van der Waals surface area contributed by atoms with Crippen LogP contribution >= 0.6 is 35.0 Å². The first-order valence-corrected chi connectivity index (χ1v) is 14.6. The molecule has 5 rings (SSSR count). The standard InChI is InChI=1S/C30H29Cl2NO4S/c1-2-36-30(35)21-7-11-24(12-8-21)37-25-15-22-9-10-23(16-25)33(22)29(34)20-5-3-19(4-6-20)18-38-26-13-14-27(31)28(32)17-26/h3-8,11-14,17,22-23,25H,2,9-10,15-16,18H2,1H3. The average Bonchev–Trinajstić information content (AvgIpc) is 3.19. The predicted molar refractivity (Wildman–Crippen MR) is 151 cm³/mol. The summed E-state index contributed by atoms with van der Waals surface area (Å²) < 4.78 is 11.3. The zero-order valence-electron chi connectivity index (χ0n) is 21.1. The largest absolute Gasteiger partial charge is 0.490 e. The Balaban J connectivity index is 1.16. The number of piperidine rings is 1. The van der Waals surface area contributed by atoms with Crippen LogP contribution in [0.4, 0.5) is 0 Å². The van der Waals surface area contributed by atoms with E-state index in [1.54, 1.807) is 36.9 Å². The van der Waals surface area contributed by atoms with E-state index in [0.717, 1.165) is 53.2 Å². The number of benzene rings is 3. The van der Waals surface area contributed by atoms with Crippen LogP contribution < -0.4 is 4.74 Å². The molecule has 0 N–H and O–H groups in total. The number of carbonyl (C=O) groups excluding carboxylic acids is 2. The number of halogens is 2. The van der Waals surface area contributed by atoms with E-state index in [-0.39, 0.29) is 30.1 Å². The minimum Gasteiger partial charge on any atom is -0.490 e. The third kappa shape index (κ3) is 6.14. The molecule has 1 amide bonds. The summed E-state index contributed by atoms with van der Waals surface area (Å²) in [4.78, 5) is 28.5. The summed E-state index contributed by atoms with van der Waals surface area (Å²) in [6.07, 6.45) is 3.65. The Morgan fingerprint density at radius 3 is 2.18 bits per heavy atom. The summed E-state index contributed by atoms with van der Waals surface area (Å²) in [6, 6.07) is 21.0. The lowest BCUT2D eigenvalue weighted by molar-refractivity contribution is 0.0359. The molecule has 2 atom stereocenters. The van der Waals surface area contributed by atoms with Gasteiger partial charge in [0, 0.05) is 41.1 Å². The third-order valence-electron chi connectivity index (χ3n) is 7.09. The van der Waals surface area contributed by atoms with Crippen molar-refractivity contribution in [2.24, 2.45) is 0 Å². The van der Waals surface area contributed by atoms with Crippen LogP contribution in [0, 0.1) is 0 Å². The van der Waals surface area contributed by atoms with E-state index >= 15 is 0 Å². The van der Waals surface area contributed by atoms with Crippen molar-refractivity contribution in [2.45, 2.75) is 61.4 Å². The topological polar surface area (TPSA) is 55.8 Å². The van der Waals surface area contributed by atoms with E-state index in [1.807, 2.05) is 48.5 Å². The Hall–Kier alpha value is -2.67. The van der Waals surface area contributed by atoms with Gasteiger partial charge in [0.05, 0.1) is 22.2 Å².